The van der Waals surface area contributed by atoms with Crippen LogP contribution < -0.4 is 4.90 Å². The van der Waals surface area contributed by atoms with Crippen molar-refractivity contribution in [3.8, 4) is 0 Å². The molecule has 0 saturated carbocycles. The third-order valence-electron chi connectivity index (χ3n) is 4.39. The molecule has 0 aromatic heterocycles. The highest BCUT2D eigenvalue weighted by Gasteiger charge is 2.34. The fourth-order valence-electron chi connectivity index (χ4n) is 3.10. The number of amides is 1. The summed E-state index contributed by atoms with van der Waals surface area (Å²) in [4.78, 5) is 36.8. The predicted molar refractivity (Wildman–Crippen MR) is 95.1 cm³/mol. The van der Waals surface area contributed by atoms with E-state index in [-0.39, 0.29) is 23.2 Å². The van der Waals surface area contributed by atoms with E-state index in [0.717, 1.165) is 17.7 Å². The molecule has 2 aromatic carbocycles. The first kappa shape index (κ1) is 17.6. The number of carbonyl (C=O) groups excluding carboxylic acids is 2. The smallest absolute Gasteiger partial charge is 0.338 e. The number of nitrogens with zero attached hydrogens (tertiary/aromatic N) is 2. The number of hydrogen-bond donors (Lipinski definition) is 0. The van der Waals surface area contributed by atoms with Gasteiger partial charge in [0.2, 0.25) is 0 Å². The van der Waals surface area contributed by atoms with Crippen molar-refractivity contribution < 1.29 is 19.2 Å². The summed E-state index contributed by atoms with van der Waals surface area (Å²) >= 11 is 0. The van der Waals surface area contributed by atoms with E-state index in [4.69, 9.17) is 4.74 Å². The minimum Gasteiger partial charge on any atom is -0.449 e. The molecule has 3 rings (SSSR count). The maximum atomic E-state index is 12.8. The summed E-state index contributed by atoms with van der Waals surface area (Å²) in [6, 6.07) is 12.7. The SMILES string of the molecule is C[C@H](OC(=O)c1ccc([N+](=O)[O-])cc1)C(=O)N1c2ccccc2C[C@@H]1C. The van der Waals surface area contributed by atoms with E-state index in [1.165, 1.54) is 31.2 Å². The molecule has 2 aromatic rings. The number of non-ortho nitro benzene ring substituents is 1. The van der Waals surface area contributed by atoms with Gasteiger partial charge < -0.3 is 9.64 Å². The molecular weight excluding hydrogens is 336 g/mol. The molecule has 1 aliphatic rings. The van der Waals surface area contributed by atoms with Gasteiger partial charge in [0.1, 0.15) is 0 Å². The van der Waals surface area contributed by atoms with Crippen molar-refractivity contribution in [1.82, 2.24) is 0 Å². The van der Waals surface area contributed by atoms with Gasteiger partial charge in [-0.2, -0.15) is 0 Å². The Kier molecular flexibility index (Phi) is 4.71. The molecule has 0 saturated heterocycles. The zero-order valence-electron chi connectivity index (χ0n) is 14.4. The van der Waals surface area contributed by atoms with Crippen LogP contribution >= 0.6 is 0 Å². The summed E-state index contributed by atoms with van der Waals surface area (Å²) in [6.07, 6.45) is -0.211. The predicted octanol–water partition coefficient (Wildman–Crippen LogP) is 3.12. The van der Waals surface area contributed by atoms with Crippen molar-refractivity contribution >= 4 is 23.3 Å². The second kappa shape index (κ2) is 6.95. The molecule has 7 nitrogen and oxygen atoms in total. The fraction of sp³-hybridized carbons (Fsp3) is 0.263. The number of rotatable bonds is 4. The fourth-order valence-corrected chi connectivity index (χ4v) is 3.10. The summed E-state index contributed by atoms with van der Waals surface area (Å²) in [5.41, 5.74) is 1.96. The first-order valence-corrected chi connectivity index (χ1v) is 8.25. The van der Waals surface area contributed by atoms with Gasteiger partial charge in [-0.1, -0.05) is 18.2 Å². The van der Waals surface area contributed by atoms with Gasteiger partial charge in [-0.25, -0.2) is 4.79 Å². The molecule has 0 fully saturated rings. The van der Waals surface area contributed by atoms with Crippen LogP contribution in [0.3, 0.4) is 0 Å². The highest BCUT2D eigenvalue weighted by molar-refractivity contribution is 6.00. The van der Waals surface area contributed by atoms with Crippen LogP contribution in [-0.2, 0) is 16.0 Å². The van der Waals surface area contributed by atoms with E-state index in [2.05, 4.69) is 0 Å². The average Bonchev–Trinajstić information content (AvgIpc) is 2.96. The number of fused-ring (bicyclic) bond motifs is 1. The molecule has 26 heavy (non-hydrogen) atoms. The topological polar surface area (TPSA) is 89.7 Å². The number of nitro benzene ring substituents is 1. The van der Waals surface area contributed by atoms with Crippen LogP contribution in [-0.4, -0.2) is 28.9 Å². The quantitative estimate of drug-likeness (QED) is 0.478. The van der Waals surface area contributed by atoms with Crippen LogP contribution in [0.15, 0.2) is 48.5 Å². The Labute approximate surface area is 150 Å². The van der Waals surface area contributed by atoms with E-state index < -0.39 is 17.0 Å². The lowest BCUT2D eigenvalue weighted by Gasteiger charge is -2.25. The zero-order chi connectivity index (χ0) is 18.8. The van der Waals surface area contributed by atoms with Gasteiger partial charge in [0.15, 0.2) is 6.10 Å². The van der Waals surface area contributed by atoms with Crippen LogP contribution in [0.1, 0.15) is 29.8 Å². The molecule has 0 aliphatic carbocycles. The summed E-state index contributed by atoms with van der Waals surface area (Å²) in [5.74, 6) is -0.987. The number of hydrogen-bond acceptors (Lipinski definition) is 5. The van der Waals surface area contributed by atoms with E-state index in [9.17, 15) is 19.7 Å². The van der Waals surface area contributed by atoms with E-state index in [1.54, 1.807) is 4.90 Å². The molecule has 134 valence electrons. The van der Waals surface area contributed by atoms with Gasteiger partial charge in [0, 0.05) is 23.9 Å². The molecule has 0 radical (unpaired) electrons. The third kappa shape index (κ3) is 3.28. The molecule has 0 bridgehead atoms. The summed E-state index contributed by atoms with van der Waals surface area (Å²) < 4.78 is 5.27. The lowest BCUT2D eigenvalue weighted by Crippen LogP contribution is -2.43. The third-order valence-corrected chi connectivity index (χ3v) is 4.39. The lowest BCUT2D eigenvalue weighted by atomic mass is 10.1. The molecule has 2 atom stereocenters. The molecule has 7 heteroatoms. The minimum atomic E-state index is -0.966. The van der Waals surface area contributed by atoms with Crippen molar-refractivity contribution in [3.63, 3.8) is 0 Å². The van der Waals surface area contributed by atoms with Crippen LogP contribution in [0.4, 0.5) is 11.4 Å². The first-order chi connectivity index (χ1) is 12.4. The van der Waals surface area contributed by atoms with Gasteiger partial charge in [-0.05, 0) is 44.0 Å². The van der Waals surface area contributed by atoms with Crippen LogP contribution in [0.2, 0.25) is 0 Å². The van der Waals surface area contributed by atoms with Gasteiger partial charge in [-0.15, -0.1) is 0 Å². The number of ether oxygens (including phenoxy) is 1. The number of para-hydroxylation sites is 1. The Hall–Kier alpha value is -3.22. The molecule has 1 heterocycles. The largest absolute Gasteiger partial charge is 0.449 e. The van der Waals surface area contributed by atoms with Gasteiger partial charge in [-0.3, -0.25) is 14.9 Å². The maximum absolute atomic E-state index is 12.8. The van der Waals surface area contributed by atoms with Crippen molar-refractivity contribution in [1.29, 1.82) is 0 Å². The van der Waals surface area contributed by atoms with E-state index in [1.807, 2.05) is 31.2 Å². The Balaban J connectivity index is 1.71. The second-order valence-corrected chi connectivity index (χ2v) is 6.24. The first-order valence-electron chi connectivity index (χ1n) is 8.25. The number of benzene rings is 2. The van der Waals surface area contributed by atoms with Crippen molar-refractivity contribution in [3.05, 3.63) is 69.8 Å². The van der Waals surface area contributed by atoms with Gasteiger partial charge >= 0.3 is 5.97 Å². The van der Waals surface area contributed by atoms with Crippen molar-refractivity contribution in [2.75, 3.05) is 4.90 Å². The summed E-state index contributed by atoms with van der Waals surface area (Å²) in [7, 11) is 0. The maximum Gasteiger partial charge on any atom is 0.338 e. The van der Waals surface area contributed by atoms with Crippen molar-refractivity contribution in [2.24, 2.45) is 0 Å². The Bertz CT molecular complexity index is 862. The van der Waals surface area contributed by atoms with Crippen LogP contribution in [0.5, 0.6) is 0 Å². The van der Waals surface area contributed by atoms with Crippen LogP contribution in [0, 0.1) is 10.1 Å². The summed E-state index contributed by atoms with van der Waals surface area (Å²) in [6.45, 7) is 3.47. The molecular formula is C19H18N2O5. The summed E-state index contributed by atoms with van der Waals surface area (Å²) in [5, 5.41) is 10.7. The molecule has 0 spiro atoms. The lowest BCUT2D eigenvalue weighted by molar-refractivity contribution is -0.384. The number of nitro groups is 1. The Morgan fingerprint density at radius 2 is 1.85 bits per heavy atom. The number of carbonyl (C=O) groups is 2. The van der Waals surface area contributed by atoms with Crippen molar-refractivity contribution in [2.45, 2.75) is 32.4 Å². The number of anilines is 1. The average molecular weight is 354 g/mol. The van der Waals surface area contributed by atoms with Gasteiger partial charge in [0.25, 0.3) is 11.6 Å². The minimum absolute atomic E-state index is 0.0135. The molecule has 1 amide bonds. The zero-order valence-corrected chi connectivity index (χ0v) is 14.4. The standard InChI is InChI=1S/C19H18N2O5/c1-12-11-15-5-3-4-6-17(15)20(12)18(22)13(2)26-19(23)14-7-9-16(10-8-14)21(24)25/h3-10,12-13H,11H2,1-2H3/t12-,13-/m0/s1. The Morgan fingerprint density at radius 3 is 2.50 bits per heavy atom. The van der Waals surface area contributed by atoms with E-state index >= 15 is 0 Å². The van der Waals surface area contributed by atoms with Gasteiger partial charge in [0.05, 0.1) is 10.5 Å². The highest BCUT2D eigenvalue weighted by Crippen LogP contribution is 2.32. The van der Waals surface area contributed by atoms with E-state index in [0.29, 0.717) is 0 Å². The number of esters is 1. The molecule has 0 unspecified atom stereocenters. The Morgan fingerprint density at radius 1 is 1.19 bits per heavy atom. The second-order valence-electron chi connectivity index (χ2n) is 6.24. The normalized spacial score (nSPS) is 16.7. The molecule has 1 aliphatic heterocycles. The van der Waals surface area contributed by atoms with Crippen LogP contribution in [0.25, 0.3) is 0 Å². The monoisotopic (exact) mass is 354 g/mol. The molecule has 0 N–H and O–H groups in total. The highest BCUT2D eigenvalue weighted by atomic mass is 16.6.